The van der Waals surface area contributed by atoms with Crippen molar-refractivity contribution in [2.75, 3.05) is 11.4 Å². The number of alkyl halides is 3. The molecule has 0 aliphatic carbocycles. The molecule has 0 N–H and O–H groups in total. The Morgan fingerprint density at radius 3 is 2.74 bits per heavy atom. The zero-order chi connectivity index (χ0) is 16.8. The quantitative estimate of drug-likeness (QED) is 0.808. The minimum absolute atomic E-state index is 0.0392. The third-order valence-corrected chi connectivity index (χ3v) is 3.80. The van der Waals surface area contributed by atoms with E-state index in [1.807, 2.05) is 0 Å². The van der Waals surface area contributed by atoms with E-state index < -0.39 is 18.1 Å². The summed E-state index contributed by atoms with van der Waals surface area (Å²) in [4.78, 5) is 21.7. The van der Waals surface area contributed by atoms with Crippen LogP contribution in [0, 0.1) is 13.8 Å². The van der Waals surface area contributed by atoms with E-state index in [-0.39, 0.29) is 24.3 Å². The van der Waals surface area contributed by atoms with E-state index in [1.165, 1.54) is 23.5 Å². The topological polar surface area (TPSA) is 63.9 Å². The Kier molecular flexibility index (Phi) is 3.57. The number of hydrogen-bond donors (Lipinski definition) is 0. The van der Waals surface area contributed by atoms with Crippen LogP contribution in [-0.2, 0) is 0 Å². The molecule has 9 heteroatoms. The second kappa shape index (κ2) is 5.32. The lowest BCUT2D eigenvalue weighted by molar-refractivity contribution is -0.172. The van der Waals surface area contributed by atoms with Gasteiger partial charge in [-0.25, -0.2) is 14.6 Å². The first-order valence-electron chi connectivity index (χ1n) is 7.00. The smallest absolute Gasteiger partial charge is 0.293 e. The molecule has 0 bridgehead atoms. The molecule has 1 unspecified atom stereocenters. The number of rotatable bonds is 1. The van der Waals surface area contributed by atoms with Crippen molar-refractivity contribution < 1.29 is 18.0 Å². The van der Waals surface area contributed by atoms with Crippen LogP contribution >= 0.6 is 0 Å². The Morgan fingerprint density at radius 2 is 2.09 bits per heavy atom. The van der Waals surface area contributed by atoms with Crippen molar-refractivity contribution in [2.24, 2.45) is 0 Å². The number of halogens is 3. The Labute approximate surface area is 130 Å². The van der Waals surface area contributed by atoms with Crippen LogP contribution in [0.1, 0.15) is 34.2 Å². The molecule has 2 aromatic rings. The molecule has 0 radical (unpaired) electrons. The first kappa shape index (κ1) is 15.4. The zero-order valence-corrected chi connectivity index (χ0v) is 12.5. The van der Waals surface area contributed by atoms with Gasteiger partial charge in [0.1, 0.15) is 12.1 Å². The molecule has 3 heterocycles. The van der Waals surface area contributed by atoms with Crippen molar-refractivity contribution in [1.29, 1.82) is 0 Å². The summed E-state index contributed by atoms with van der Waals surface area (Å²) in [5.41, 5.74) is 1.17. The average Bonchev–Trinajstić information content (AvgIpc) is 2.85. The van der Waals surface area contributed by atoms with E-state index in [0.717, 1.165) is 4.68 Å². The second-order valence-electron chi connectivity index (χ2n) is 5.41. The standard InChI is InChI=1S/C14H14F3N5O/c1-8-5-12-21(13(23)10-6-18-7-19-9(10)2)4-3-11(14(15,16)17)22(12)20-8/h5-7,11H,3-4H2,1-2H3. The van der Waals surface area contributed by atoms with Crippen LogP contribution in [-0.4, -0.2) is 38.4 Å². The van der Waals surface area contributed by atoms with Gasteiger partial charge in [0.25, 0.3) is 5.91 Å². The fourth-order valence-electron chi connectivity index (χ4n) is 2.68. The summed E-state index contributed by atoms with van der Waals surface area (Å²) in [5, 5.41) is 3.92. The van der Waals surface area contributed by atoms with Gasteiger partial charge in [-0.05, 0) is 20.3 Å². The molecule has 0 saturated heterocycles. The number of aryl methyl sites for hydroxylation is 2. The summed E-state index contributed by atoms with van der Waals surface area (Å²) in [6.07, 6.45) is -1.96. The van der Waals surface area contributed by atoms with E-state index in [4.69, 9.17) is 0 Å². The molecule has 1 aliphatic heterocycles. The maximum atomic E-state index is 13.2. The van der Waals surface area contributed by atoms with Gasteiger partial charge in [0.05, 0.1) is 17.0 Å². The van der Waals surface area contributed by atoms with Gasteiger partial charge in [0, 0.05) is 18.8 Å². The van der Waals surface area contributed by atoms with E-state index in [2.05, 4.69) is 15.1 Å². The molecule has 2 aromatic heterocycles. The molecule has 1 amide bonds. The van der Waals surface area contributed by atoms with Crippen molar-refractivity contribution in [1.82, 2.24) is 19.7 Å². The van der Waals surface area contributed by atoms with Crippen LogP contribution in [0.4, 0.5) is 19.0 Å². The molecule has 1 atom stereocenters. The molecule has 6 nitrogen and oxygen atoms in total. The Bertz CT molecular complexity index is 755. The summed E-state index contributed by atoms with van der Waals surface area (Å²) in [6.45, 7) is 3.21. The van der Waals surface area contributed by atoms with Gasteiger partial charge in [0.2, 0.25) is 0 Å². The molecular formula is C14H14F3N5O. The van der Waals surface area contributed by atoms with Gasteiger partial charge in [-0.3, -0.25) is 9.69 Å². The van der Waals surface area contributed by atoms with Crippen molar-refractivity contribution in [2.45, 2.75) is 32.5 Å². The molecule has 1 aliphatic rings. The molecule has 122 valence electrons. The zero-order valence-electron chi connectivity index (χ0n) is 12.5. The highest BCUT2D eigenvalue weighted by atomic mass is 19.4. The van der Waals surface area contributed by atoms with Gasteiger partial charge in [-0.15, -0.1) is 0 Å². The van der Waals surface area contributed by atoms with E-state index in [1.54, 1.807) is 13.8 Å². The highest BCUT2D eigenvalue weighted by molar-refractivity contribution is 6.06. The predicted octanol–water partition coefficient (Wildman–Crippen LogP) is 2.44. The van der Waals surface area contributed by atoms with E-state index in [0.29, 0.717) is 11.4 Å². The maximum absolute atomic E-state index is 13.2. The van der Waals surface area contributed by atoms with Gasteiger partial charge < -0.3 is 0 Å². The first-order chi connectivity index (χ1) is 10.8. The number of aromatic nitrogens is 4. The number of fused-ring (bicyclic) bond motifs is 1. The normalized spacial score (nSPS) is 18.0. The van der Waals surface area contributed by atoms with Gasteiger partial charge in [0.15, 0.2) is 6.04 Å². The summed E-state index contributed by atoms with van der Waals surface area (Å²) < 4.78 is 40.4. The van der Waals surface area contributed by atoms with Crippen molar-refractivity contribution in [3.63, 3.8) is 0 Å². The summed E-state index contributed by atoms with van der Waals surface area (Å²) in [7, 11) is 0. The first-order valence-corrected chi connectivity index (χ1v) is 7.00. The minimum Gasteiger partial charge on any atom is -0.293 e. The highest BCUT2D eigenvalue weighted by Crippen LogP contribution is 2.39. The van der Waals surface area contributed by atoms with Crippen LogP contribution < -0.4 is 4.90 Å². The fraction of sp³-hybridized carbons (Fsp3) is 0.429. The van der Waals surface area contributed by atoms with Gasteiger partial charge >= 0.3 is 6.18 Å². The van der Waals surface area contributed by atoms with E-state index in [9.17, 15) is 18.0 Å². The van der Waals surface area contributed by atoms with E-state index >= 15 is 0 Å². The van der Waals surface area contributed by atoms with Crippen LogP contribution in [0.2, 0.25) is 0 Å². The number of amides is 1. The van der Waals surface area contributed by atoms with Crippen LogP contribution in [0.3, 0.4) is 0 Å². The second-order valence-corrected chi connectivity index (χ2v) is 5.41. The average molecular weight is 325 g/mol. The molecule has 23 heavy (non-hydrogen) atoms. The highest BCUT2D eigenvalue weighted by Gasteiger charge is 2.46. The predicted molar refractivity (Wildman–Crippen MR) is 75.1 cm³/mol. The molecule has 0 fully saturated rings. The fourth-order valence-corrected chi connectivity index (χ4v) is 2.68. The van der Waals surface area contributed by atoms with Crippen LogP contribution in [0.5, 0.6) is 0 Å². The van der Waals surface area contributed by atoms with Crippen molar-refractivity contribution >= 4 is 11.7 Å². The number of carbonyl (C=O) groups is 1. The van der Waals surface area contributed by atoms with Crippen molar-refractivity contribution in [3.8, 4) is 0 Å². The number of carbonyl (C=O) groups excluding carboxylic acids is 1. The number of nitrogens with zero attached hydrogens (tertiary/aromatic N) is 5. The summed E-state index contributed by atoms with van der Waals surface area (Å²) >= 11 is 0. The van der Waals surface area contributed by atoms with Gasteiger partial charge in [-0.1, -0.05) is 0 Å². The molecular weight excluding hydrogens is 311 g/mol. The Balaban J connectivity index is 2.02. The Hall–Kier alpha value is -2.45. The molecule has 0 aromatic carbocycles. The molecule has 0 saturated carbocycles. The van der Waals surface area contributed by atoms with Gasteiger partial charge in [-0.2, -0.15) is 18.3 Å². The van der Waals surface area contributed by atoms with Crippen LogP contribution in [0.15, 0.2) is 18.6 Å². The van der Waals surface area contributed by atoms with Crippen LogP contribution in [0.25, 0.3) is 0 Å². The number of anilines is 1. The minimum atomic E-state index is -4.41. The van der Waals surface area contributed by atoms with Crippen molar-refractivity contribution in [3.05, 3.63) is 35.5 Å². The largest absolute Gasteiger partial charge is 0.410 e. The summed E-state index contributed by atoms with van der Waals surface area (Å²) in [5.74, 6) is -0.283. The molecule has 0 spiro atoms. The lowest BCUT2D eigenvalue weighted by Gasteiger charge is -2.33. The molecule has 3 rings (SSSR count). The lowest BCUT2D eigenvalue weighted by Crippen LogP contribution is -2.43. The monoisotopic (exact) mass is 325 g/mol. The lowest BCUT2D eigenvalue weighted by atomic mass is 10.1. The Morgan fingerprint density at radius 1 is 1.35 bits per heavy atom. The number of hydrogen-bond acceptors (Lipinski definition) is 4. The third-order valence-electron chi connectivity index (χ3n) is 3.80. The third kappa shape index (κ3) is 2.66. The maximum Gasteiger partial charge on any atom is 0.410 e. The summed E-state index contributed by atoms with van der Waals surface area (Å²) in [6, 6.07) is -0.238. The SMILES string of the molecule is Cc1cc2n(n1)C(C(F)(F)F)CCN2C(=O)c1cncnc1C.